The molecule has 0 saturated heterocycles. The van der Waals surface area contributed by atoms with Crippen LogP contribution in [0.3, 0.4) is 0 Å². The van der Waals surface area contributed by atoms with Crippen LogP contribution in [0.4, 0.5) is 5.95 Å². The zero-order valence-corrected chi connectivity index (χ0v) is 12.2. The minimum Gasteiger partial charge on any atom is -0.355 e. The molecule has 0 bridgehead atoms. The van der Waals surface area contributed by atoms with Gasteiger partial charge in [0.1, 0.15) is 4.90 Å². The van der Waals surface area contributed by atoms with Crippen LogP contribution >= 0.6 is 0 Å². The van der Waals surface area contributed by atoms with Crippen LogP contribution in [-0.4, -0.2) is 42.8 Å². The molecule has 106 valence electrons. The van der Waals surface area contributed by atoms with Crippen molar-refractivity contribution in [2.45, 2.75) is 31.1 Å². The molecule has 1 heterocycles. The lowest BCUT2D eigenvalue weighted by Crippen LogP contribution is -2.34. The molecule has 0 radical (unpaired) electrons. The topological polar surface area (TPSA) is 75.2 Å². The lowest BCUT2D eigenvalue weighted by atomic mass is 9.86. The third-order valence-corrected chi connectivity index (χ3v) is 5.19. The fourth-order valence-corrected chi connectivity index (χ4v) is 3.15. The highest BCUT2D eigenvalue weighted by molar-refractivity contribution is 7.89. The van der Waals surface area contributed by atoms with Gasteiger partial charge in [0.05, 0.1) is 12.4 Å². The van der Waals surface area contributed by atoms with Gasteiger partial charge in [0.15, 0.2) is 0 Å². The van der Waals surface area contributed by atoms with Crippen molar-refractivity contribution in [2.75, 3.05) is 25.5 Å². The van der Waals surface area contributed by atoms with E-state index in [2.05, 4.69) is 15.3 Å². The molecule has 0 aliphatic heterocycles. The summed E-state index contributed by atoms with van der Waals surface area (Å²) in [5.41, 5.74) is 0. The van der Waals surface area contributed by atoms with Gasteiger partial charge in [-0.2, -0.15) is 0 Å². The smallest absolute Gasteiger partial charge is 0.245 e. The van der Waals surface area contributed by atoms with Crippen LogP contribution in [0.5, 0.6) is 0 Å². The molecule has 1 aliphatic rings. The molecule has 1 N–H and O–H groups in total. The molecule has 0 amide bonds. The first-order valence-electron chi connectivity index (χ1n) is 6.56. The van der Waals surface area contributed by atoms with Crippen LogP contribution in [0.15, 0.2) is 17.3 Å². The molecule has 6 nitrogen and oxygen atoms in total. The van der Waals surface area contributed by atoms with Gasteiger partial charge in [-0.15, -0.1) is 0 Å². The number of nitrogens with one attached hydrogen (secondary N) is 1. The Hall–Kier alpha value is -1.21. The van der Waals surface area contributed by atoms with Crippen LogP contribution in [0.2, 0.25) is 0 Å². The van der Waals surface area contributed by atoms with E-state index in [1.165, 1.54) is 23.1 Å². The summed E-state index contributed by atoms with van der Waals surface area (Å²) < 4.78 is 26.0. The van der Waals surface area contributed by atoms with Crippen molar-refractivity contribution in [1.29, 1.82) is 0 Å². The Labute approximate surface area is 114 Å². The second-order valence-electron chi connectivity index (χ2n) is 4.86. The summed E-state index contributed by atoms with van der Waals surface area (Å²) in [5.74, 6) is 0.949. The molecule has 0 aromatic carbocycles. The highest BCUT2D eigenvalue weighted by atomic mass is 32.2. The number of rotatable bonds is 6. The van der Waals surface area contributed by atoms with Gasteiger partial charge in [0, 0.05) is 20.1 Å². The van der Waals surface area contributed by atoms with Gasteiger partial charge < -0.3 is 5.32 Å². The van der Waals surface area contributed by atoms with Crippen molar-refractivity contribution in [2.24, 2.45) is 5.92 Å². The molecule has 1 fully saturated rings. The van der Waals surface area contributed by atoms with E-state index >= 15 is 0 Å². The van der Waals surface area contributed by atoms with E-state index in [-0.39, 0.29) is 4.90 Å². The predicted molar refractivity (Wildman–Crippen MR) is 73.4 cm³/mol. The van der Waals surface area contributed by atoms with Crippen molar-refractivity contribution in [3.05, 3.63) is 12.4 Å². The standard InChI is InChI=1S/C12H20N4O2S/c1-3-13-12-14-7-11(8-15-12)19(17,18)16(2)9-10-5-4-6-10/h7-8,10H,3-6,9H2,1-2H3,(H,13,14,15). The average Bonchev–Trinajstić information content (AvgIpc) is 2.34. The van der Waals surface area contributed by atoms with E-state index in [1.807, 2.05) is 6.92 Å². The minimum absolute atomic E-state index is 0.149. The molecule has 1 aromatic rings. The van der Waals surface area contributed by atoms with E-state index in [1.54, 1.807) is 7.05 Å². The highest BCUT2D eigenvalue weighted by Gasteiger charge is 2.27. The molecule has 19 heavy (non-hydrogen) atoms. The number of aromatic nitrogens is 2. The Morgan fingerprint density at radius 2 is 2.00 bits per heavy atom. The Balaban J connectivity index is 2.08. The van der Waals surface area contributed by atoms with E-state index in [9.17, 15) is 8.42 Å². The molecule has 0 spiro atoms. The molecule has 1 aliphatic carbocycles. The van der Waals surface area contributed by atoms with E-state index in [4.69, 9.17) is 0 Å². The monoisotopic (exact) mass is 284 g/mol. The summed E-state index contributed by atoms with van der Waals surface area (Å²) in [6.07, 6.45) is 6.17. The van der Waals surface area contributed by atoms with Crippen molar-refractivity contribution in [3.8, 4) is 0 Å². The first-order chi connectivity index (χ1) is 9.04. The number of sulfonamides is 1. The van der Waals surface area contributed by atoms with E-state index in [0.717, 1.165) is 12.8 Å². The van der Waals surface area contributed by atoms with Crippen molar-refractivity contribution in [3.63, 3.8) is 0 Å². The lowest BCUT2D eigenvalue weighted by molar-refractivity contribution is 0.263. The highest BCUT2D eigenvalue weighted by Crippen LogP contribution is 2.28. The largest absolute Gasteiger partial charge is 0.355 e. The summed E-state index contributed by atoms with van der Waals surface area (Å²) in [4.78, 5) is 8.15. The van der Waals surface area contributed by atoms with Crippen LogP contribution in [0, 0.1) is 5.92 Å². The van der Waals surface area contributed by atoms with Gasteiger partial charge in [-0.1, -0.05) is 6.42 Å². The van der Waals surface area contributed by atoms with Crippen LogP contribution in [0.1, 0.15) is 26.2 Å². The zero-order chi connectivity index (χ0) is 13.9. The molecular weight excluding hydrogens is 264 g/mol. The third kappa shape index (κ3) is 3.22. The third-order valence-electron chi connectivity index (χ3n) is 3.41. The maximum atomic E-state index is 12.3. The van der Waals surface area contributed by atoms with Crippen molar-refractivity contribution >= 4 is 16.0 Å². The maximum Gasteiger partial charge on any atom is 0.245 e. The normalized spacial score (nSPS) is 16.4. The van der Waals surface area contributed by atoms with Crippen LogP contribution in [0.25, 0.3) is 0 Å². The molecule has 1 aromatic heterocycles. The SMILES string of the molecule is CCNc1ncc(S(=O)(=O)N(C)CC2CCC2)cn1. The molecule has 0 atom stereocenters. The molecule has 1 saturated carbocycles. The quantitative estimate of drug-likeness (QED) is 0.853. The number of anilines is 1. The van der Waals surface area contributed by atoms with Gasteiger partial charge in [-0.05, 0) is 25.7 Å². The second-order valence-corrected chi connectivity index (χ2v) is 6.90. The molecule has 0 unspecified atom stereocenters. The van der Waals surface area contributed by atoms with Gasteiger partial charge in [0.25, 0.3) is 0 Å². The van der Waals surface area contributed by atoms with Gasteiger partial charge in [-0.3, -0.25) is 0 Å². The fraction of sp³-hybridized carbons (Fsp3) is 0.667. The van der Waals surface area contributed by atoms with E-state index < -0.39 is 10.0 Å². The van der Waals surface area contributed by atoms with Crippen molar-refractivity contribution in [1.82, 2.24) is 14.3 Å². The van der Waals surface area contributed by atoms with E-state index in [0.29, 0.717) is 25.0 Å². The average molecular weight is 284 g/mol. The summed E-state index contributed by atoms with van der Waals surface area (Å²) in [7, 11) is -1.84. The van der Waals surface area contributed by atoms with Crippen LogP contribution < -0.4 is 5.32 Å². The summed E-state index contributed by atoms with van der Waals surface area (Å²) >= 11 is 0. The number of nitrogens with zero attached hydrogens (tertiary/aromatic N) is 3. The fourth-order valence-electron chi connectivity index (χ4n) is 2.02. The zero-order valence-electron chi connectivity index (χ0n) is 11.3. The first-order valence-corrected chi connectivity index (χ1v) is 8.00. The Bertz CT molecular complexity index is 511. The van der Waals surface area contributed by atoms with Crippen LogP contribution in [-0.2, 0) is 10.0 Å². The molecule has 7 heteroatoms. The predicted octanol–water partition coefficient (Wildman–Crippen LogP) is 1.33. The number of hydrogen-bond donors (Lipinski definition) is 1. The van der Waals surface area contributed by atoms with Gasteiger partial charge in [0.2, 0.25) is 16.0 Å². The first kappa shape index (κ1) is 14.2. The summed E-state index contributed by atoms with van der Waals surface area (Å²) in [6, 6.07) is 0. The lowest BCUT2D eigenvalue weighted by Gasteiger charge is -2.29. The minimum atomic E-state index is -3.46. The van der Waals surface area contributed by atoms with Crippen molar-refractivity contribution < 1.29 is 8.42 Å². The summed E-state index contributed by atoms with van der Waals surface area (Å²) in [6.45, 7) is 3.21. The van der Waals surface area contributed by atoms with Gasteiger partial charge in [-0.25, -0.2) is 22.7 Å². The molecular formula is C12H20N4O2S. The maximum absolute atomic E-state index is 12.3. The second kappa shape index (κ2) is 5.83. The Morgan fingerprint density at radius 3 is 2.47 bits per heavy atom. The molecule has 2 rings (SSSR count). The Morgan fingerprint density at radius 1 is 1.37 bits per heavy atom. The summed E-state index contributed by atoms with van der Waals surface area (Å²) in [5, 5.41) is 2.94. The van der Waals surface area contributed by atoms with Gasteiger partial charge >= 0.3 is 0 Å². The number of hydrogen-bond acceptors (Lipinski definition) is 5. The Kier molecular flexibility index (Phi) is 4.36.